The molecule has 84 valence electrons. The van der Waals surface area contributed by atoms with E-state index in [1.165, 1.54) is 0 Å². The second-order valence-corrected chi connectivity index (χ2v) is 5.21. The largest absolute Gasteiger partial charge is 0.372 e. The highest BCUT2D eigenvalue weighted by Crippen LogP contribution is 2.19. The molecule has 0 saturated heterocycles. The molecule has 0 spiro atoms. The van der Waals surface area contributed by atoms with Crippen molar-refractivity contribution in [1.29, 1.82) is 0 Å². The number of pyridine rings is 1. The molecule has 0 N–H and O–H groups in total. The molecule has 1 aromatic rings. The highest BCUT2D eigenvalue weighted by Gasteiger charge is 2.16. The third kappa shape index (κ3) is 4.71. The molecule has 0 aromatic carbocycles. The van der Waals surface area contributed by atoms with Crippen LogP contribution in [0.15, 0.2) is 22.8 Å². The third-order valence-electron chi connectivity index (χ3n) is 1.73. The van der Waals surface area contributed by atoms with Gasteiger partial charge < -0.3 is 4.74 Å². The summed E-state index contributed by atoms with van der Waals surface area (Å²) < 4.78 is 19.8. The molecule has 2 nitrogen and oxygen atoms in total. The minimum Gasteiger partial charge on any atom is -0.372 e. The quantitative estimate of drug-likeness (QED) is 0.840. The molecule has 0 radical (unpaired) electrons. The van der Waals surface area contributed by atoms with Gasteiger partial charge in [0.15, 0.2) is 6.17 Å². The summed E-state index contributed by atoms with van der Waals surface area (Å²) in [5.41, 5.74) is 0.0853. The van der Waals surface area contributed by atoms with E-state index in [9.17, 15) is 4.39 Å². The maximum Gasteiger partial charge on any atom is 0.165 e. The van der Waals surface area contributed by atoms with Crippen molar-refractivity contribution in [2.45, 2.75) is 32.5 Å². The van der Waals surface area contributed by atoms with Gasteiger partial charge in [-0.3, -0.25) is 4.98 Å². The number of alkyl halides is 1. The monoisotopic (exact) mass is 275 g/mol. The van der Waals surface area contributed by atoms with Crippen LogP contribution in [0.2, 0.25) is 0 Å². The van der Waals surface area contributed by atoms with Crippen molar-refractivity contribution < 1.29 is 9.13 Å². The summed E-state index contributed by atoms with van der Waals surface area (Å²) in [5.74, 6) is 0. The molecule has 0 saturated carbocycles. The van der Waals surface area contributed by atoms with Gasteiger partial charge in [-0.05, 0) is 48.8 Å². The van der Waals surface area contributed by atoms with Crippen LogP contribution >= 0.6 is 15.9 Å². The topological polar surface area (TPSA) is 22.1 Å². The van der Waals surface area contributed by atoms with Crippen molar-refractivity contribution in [3.05, 3.63) is 28.5 Å². The lowest BCUT2D eigenvalue weighted by Crippen LogP contribution is -2.21. The van der Waals surface area contributed by atoms with Crippen LogP contribution in [0.4, 0.5) is 4.39 Å². The Balaban J connectivity index is 2.54. The van der Waals surface area contributed by atoms with Crippen LogP contribution in [0.25, 0.3) is 0 Å². The number of halogens is 2. The van der Waals surface area contributed by atoms with Crippen LogP contribution in [0.3, 0.4) is 0 Å². The molecule has 0 unspecified atom stereocenters. The number of hydrogen-bond acceptors (Lipinski definition) is 2. The van der Waals surface area contributed by atoms with E-state index in [0.29, 0.717) is 5.69 Å². The fourth-order valence-electron chi connectivity index (χ4n) is 0.981. The van der Waals surface area contributed by atoms with Gasteiger partial charge in [-0.25, -0.2) is 4.39 Å². The molecular formula is C11H15BrFNO. The molecular weight excluding hydrogens is 261 g/mol. The van der Waals surface area contributed by atoms with Crippen molar-refractivity contribution in [2.24, 2.45) is 0 Å². The van der Waals surface area contributed by atoms with Crippen LogP contribution in [0.5, 0.6) is 0 Å². The maximum absolute atomic E-state index is 13.6. The van der Waals surface area contributed by atoms with Gasteiger partial charge in [0.1, 0.15) is 0 Å². The van der Waals surface area contributed by atoms with Crippen LogP contribution < -0.4 is 0 Å². The molecule has 4 heteroatoms. The summed E-state index contributed by atoms with van der Waals surface area (Å²) in [6.07, 6.45) is 0.413. The Morgan fingerprint density at radius 2 is 2.13 bits per heavy atom. The fraction of sp³-hybridized carbons (Fsp3) is 0.545. The molecule has 0 aliphatic carbocycles. The highest BCUT2D eigenvalue weighted by molar-refractivity contribution is 9.10. The average Bonchev–Trinajstić information content (AvgIpc) is 2.14. The Morgan fingerprint density at radius 1 is 1.47 bits per heavy atom. The summed E-state index contributed by atoms with van der Waals surface area (Å²) in [5, 5.41) is 0. The molecule has 0 amide bonds. The summed E-state index contributed by atoms with van der Waals surface area (Å²) in [6.45, 7) is 5.73. The van der Waals surface area contributed by atoms with Gasteiger partial charge >= 0.3 is 0 Å². The van der Waals surface area contributed by atoms with Crippen molar-refractivity contribution in [2.75, 3.05) is 6.61 Å². The lowest BCUT2D eigenvalue weighted by molar-refractivity contribution is -0.0303. The first-order valence-electron chi connectivity index (χ1n) is 4.78. The lowest BCUT2D eigenvalue weighted by atomic mass is 10.2. The Kier molecular flexibility index (Phi) is 4.22. The Bertz CT molecular complexity index is 307. The molecule has 1 heterocycles. The lowest BCUT2D eigenvalue weighted by Gasteiger charge is -2.20. The first-order chi connectivity index (χ1) is 6.88. The van der Waals surface area contributed by atoms with Gasteiger partial charge in [-0.2, -0.15) is 0 Å². The molecule has 1 aromatic heterocycles. The van der Waals surface area contributed by atoms with Crippen molar-refractivity contribution in [1.82, 2.24) is 4.98 Å². The minimum atomic E-state index is -1.17. The molecule has 0 bridgehead atoms. The normalized spacial score (nSPS) is 13.9. The van der Waals surface area contributed by atoms with E-state index in [0.717, 1.165) is 4.47 Å². The molecule has 0 aliphatic rings. The molecule has 0 fully saturated rings. The Hall–Kier alpha value is -0.480. The summed E-state index contributed by atoms with van der Waals surface area (Å²) >= 11 is 3.25. The van der Waals surface area contributed by atoms with Crippen LogP contribution in [-0.4, -0.2) is 17.2 Å². The van der Waals surface area contributed by atoms with Crippen molar-refractivity contribution in [3.63, 3.8) is 0 Å². The van der Waals surface area contributed by atoms with Gasteiger partial charge in [0.05, 0.1) is 17.9 Å². The smallest absolute Gasteiger partial charge is 0.165 e. The number of nitrogens with zero attached hydrogens (tertiary/aromatic N) is 1. The molecule has 1 atom stereocenters. The Morgan fingerprint density at radius 3 is 2.60 bits per heavy atom. The van der Waals surface area contributed by atoms with E-state index in [1.807, 2.05) is 20.8 Å². The summed E-state index contributed by atoms with van der Waals surface area (Å²) in [4.78, 5) is 3.98. The SMILES string of the molecule is CC(C)(C)OC[C@H](F)c1ccc(Br)cn1. The van der Waals surface area contributed by atoms with E-state index < -0.39 is 6.17 Å². The number of hydrogen-bond donors (Lipinski definition) is 0. The Labute approximate surface area is 98.0 Å². The first kappa shape index (κ1) is 12.6. The van der Waals surface area contributed by atoms with Gasteiger partial charge in [-0.15, -0.1) is 0 Å². The van der Waals surface area contributed by atoms with E-state index in [2.05, 4.69) is 20.9 Å². The number of aromatic nitrogens is 1. The molecule has 15 heavy (non-hydrogen) atoms. The van der Waals surface area contributed by atoms with Gasteiger partial charge in [0, 0.05) is 10.7 Å². The van der Waals surface area contributed by atoms with Crippen LogP contribution in [0.1, 0.15) is 32.6 Å². The van der Waals surface area contributed by atoms with Crippen LogP contribution in [0, 0.1) is 0 Å². The van der Waals surface area contributed by atoms with E-state index in [-0.39, 0.29) is 12.2 Å². The van der Waals surface area contributed by atoms with Crippen molar-refractivity contribution >= 4 is 15.9 Å². The zero-order valence-corrected chi connectivity index (χ0v) is 10.7. The predicted octanol–water partition coefficient (Wildman–Crippen LogP) is 3.67. The third-order valence-corrected chi connectivity index (χ3v) is 2.20. The summed E-state index contributed by atoms with van der Waals surface area (Å²) in [7, 11) is 0. The molecule has 1 rings (SSSR count). The molecule has 0 aliphatic heterocycles. The first-order valence-corrected chi connectivity index (χ1v) is 5.57. The second-order valence-electron chi connectivity index (χ2n) is 4.29. The zero-order valence-electron chi connectivity index (χ0n) is 9.13. The summed E-state index contributed by atoms with van der Waals surface area (Å²) in [6, 6.07) is 3.42. The number of ether oxygens (including phenoxy) is 1. The van der Waals surface area contributed by atoms with E-state index >= 15 is 0 Å². The average molecular weight is 276 g/mol. The van der Waals surface area contributed by atoms with E-state index in [4.69, 9.17) is 4.74 Å². The standard InChI is InChI=1S/C11H15BrFNO/c1-11(2,3)15-7-9(13)10-5-4-8(12)6-14-10/h4-6,9H,7H2,1-3H3/t9-/m0/s1. The highest BCUT2D eigenvalue weighted by atomic mass is 79.9. The second kappa shape index (κ2) is 5.03. The van der Waals surface area contributed by atoms with Gasteiger partial charge in [0.2, 0.25) is 0 Å². The van der Waals surface area contributed by atoms with E-state index in [1.54, 1.807) is 18.3 Å². The van der Waals surface area contributed by atoms with Crippen molar-refractivity contribution in [3.8, 4) is 0 Å². The fourth-order valence-corrected chi connectivity index (χ4v) is 1.22. The van der Waals surface area contributed by atoms with Gasteiger partial charge in [-0.1, -0.05) is 0 Å². The minimum absolute atomic E-state index is 0.0398. The zero-order chi connectivity index (χ0) is 11.5. The van der Waals surface area contributed by atoms with Gasteiger partial charge in [0.25, 0.3) is 0 Å². The maximum atomic E-state index is 13.6. The number of rotatable bonds is 3. The predicted molar refractivity (Wildman–Crippen MR) is 61.5 cm³/mol. The van der Waals surface area contributed by atoms with Crippen LogP contribution in [-0.2, 0) is 4.74 Å².